The molecule has 1 amide bonds. The standard InChI is InChI=1S/C18H21N3O2/c1-12-15(16-11-14(23-2)5-6-17(16)20-12)10-13-4-3-9-21(13)18(22)7-8-19/h5-6,11,13,20H,3-4,7,9-10H2,1-2H3. The number of benzene rings is 1. The fourth-order valence-corrected chi connectivity index (χ4v) is 3.53. The van der Waals surface area contributed by atoms with E-state index in [1.165, 1.54) is 5.56 Å². The number of hydrogen-bond acceptors (Lipinski definition) is 3. The molecule has 0 radical (unpaired) electrons. The van der Waals surface area contributed by atoms with E-state index in [1.807, 2.05) is 29.2 Å². The zero-order valence-electron chi connectivity index (χ0n) is 13.6. The van der Waals surface area contributed by atoms with E-state index in [4.69, 9.17) is 10.00 Å². The van der Waals surface area contributed by atoms with Crippen LogP contribution in [0.1, 0.15) is 30.5 Å². The number of nitriles is 1. The maximum absolute atomic E-state index is 12.1. The third kappa shape index (κ3) is 2.89. The highest BCUT2D eigenvalue weighted by molar-refractivity contribution is 5.86. The van der Waals surface area contributed by atoms with Crippen molar-refractivity contribution >= 4 is 16.8 Å². The maximum Gasteiger partial charge on any atom is 0.237 e. The van der Waals surface area contributed by atoms with Gasteiger partial charge in [0.15, 0.2) is 0 Å². The smallest absolute Gasteiger partial charge is 0.237 e. The number of carbonyl (C=O) groups is 1. The number of carbonyl (C=O) groups excluding carboxylic acids is 1. The summed E-state index contributed by atoms with van der Waals surface area (Å²) in [5.74, 6) is 0.784. The third-order valence-corrected chi connectivity index (χ3v) is 4.69. The number of likely N-dealkylation sites (tertiary alicyclic amines) is 1. The fourth-order valence-electron chi connectivity index (χ4n) is 3.53. The van der Waals surface area contributed by atoms with Crippen molar-refractivity contribution < 1.29 is 9.53 Å². The summed E-state index contributed by atoms with van der Waals surface area (Å²) in [6.07, 6.45) is 2.78. The number of nitrogens with one attached hydrogen (secondary N) is 1. The molecule has 5 nitrogen and oxygen atoms in total. The molecule has 1 saturated heterocycles. The summed E-state index contributed by atoms with van der Waals surface area (Å²) in [5.41, 5.74) is 3.46. The molecule has 1 N–H and O–H groups in total. The summed E-state index contributed by atoms with van der Waals surface area (Å²) < 4.78 is 5.33. The Morgan fingerprint density at radius 1 is 1.52 bits per heavy atom. The average Bonchev–Trinajstić information content (AvgIpc) is 3.12. The van der Waals surface area contributed by atoms with Gasteiger partial charge in [0.1, 0.15) is 12.2 Å². The van der Waals surface area contributed by atoms with Crippen LogP contribution >= 0.6 is 0 Å². The molecule has 0 bridgehead atoms. The second-order valence-corrected chi connectivity index (χ2v) is 6.06. The molecule has 1 unspecified atom stereocenters. The second kappa shape index (κ2) is 6.33. The van der Waals surface area contributed by atoms with E-state index < -0.39 is 0 Å². The molecule has 1 aromatic carbocycles. The van der Waals surface area contributed by atoms with E-state index in [0.29, 0.717) is 0 Å². The van der Waals surface area contributed by atoms with Crippen LogP contribution in [0.25, 0.3) is 10.9 Å². The molecule has 1 aliphatic rings. The van der Waals surface area contributed by atoms with Gasteiger partial charge in [0.25, 0.3) is 0 Å². The number of aryl methyl sites for hydroxylation is 1. The zero-order chi connectivity index (χ0) is 16.4. The first kappa shape index (κ1) is 15.4. The first-order valence-corrected chi connectivity index (χ1v) is 7.95. The van der Waals surface area contributed by atoms with Gasteiger partial charge in [0.2, 0.25) is 5.91 Å². The van der Waals surface area contributed by atoms with Gasteiger partial charge in [-0.25, -0.2) is 0 Å². The van der Waals surface area contributed by atoms with Gasteiger partial charge >= 0.3 is 0 Å². The van der Waals surface area contributed by atoms with Crippen LogP contribution in [0.15, 0.2) is 18.2 Å². The lowest BCUT2D eigenvalue weighted by molar-refractivity contribution is -0.130. The molecular formula is C18H21N3O2. The number of rotatable bonds is 4. The number of methoxy groups -OCH3 is 1. The number of amides is 1. The molecule has 120 valence electrons. The van der Waals surface area contributed by atoms with Gasteiger partial charge in [0, 0.05) is 29.2 Å². The summed E-state index contributed by atoms with van der Waals surface area (Å²) >= 11 is 0. The van der Waals surface area contributed by atoms with Crippen LogP contribution in [-0.4, -0.2) is 35.5 Å². The molecule has 5 heteroatoms. The predicted molar refractivity (Wildman–Crippen MR) is 88.3 cm³/mol. The highest BCUT2D eigenvalue weighted by Crippen LogP contribution is 2.30. The maximum atomic E-state index is 12.1. The Morgan fingerprint density at radius 2 is 2.35 bits per heavy atom. The van der Waals surface area contributed by atoms with Gasteiger partial charge in [0.05, 0.1) is 13.2 Å². The summed E-state index contributed by atoms with van der Waals surface area (Å²) in [6.45, 7) is 2.83. The van der Waals surface area contributed by atoms with Crippen molar-refractivity contribution in [1.29, 1.82) is 5.26 Å². The van der Waals surface area contributed by atoms with Crippen LogP contribution in [0.3, 0.4) is 0 Å². The number of ether oxygens (including phenoxy) is 1. The number of hydrogen-bond donors (Lipinski definition) is 1. The Bertz CT molecular complexity index is 772. The van der Waals surface area contributed by atoms with Crippen LogP contribution in [0, 0.1) is 18.3 Å². The van der Waals surface area contributed by atoms with E-state index in [9.17, 15) is 4.79 Å². The van der Waals surface area contributed by atoms with Crippen LogP contribution in [-0.2, 0) is 11.2 Å². The Balaban J connectivity index is 1.90. The van der Waals surface area contributed by atoms with Crippen molar-refractivity contribution in [2.75, 3.05) is 13.7 Å². The minimum atomic E-state index is -0.0509. The van der Waals surface area contributed by atoms with Gasteiger partial charge < -0.3 is 14.6 Å². The Labute approximate surface area is 135 Å². The van der Waals surface area contributed by atoms with Gasteiger partial charge in [-0.05, 0) is 49.9 Å². The lowest BCUT2D eigenvalue weighted by Crippen LogP contribution is -2.36. The van der Waals surface area contributed by atoms with E-state index in [-0.39, 0.29) is 18.4 Å². The minimum absolute atomic E-state index is 0.0306. The number of fused-ring (bicyclic) bond motifs is 1. The molecule has 1 aromatic heterocycles. The van der Waals surface area contributed by atoms with E-state index >= 15 is 0 Å². The molecule has 1 fully saturated rings. The average molecular weight is 311 g/mol. The summed E-state index contributed by atoms with van der Waals surface area (Å²) in [7, 11) is 1.67. The lowest BCUT2D eigenvalue weighted by atomic mass is 10.0. The van der Waals surface area contributed by atoms with Crippen LogP contribution in [0.4, 0.5) is 0 Å². The van der Waals surface area contributed by atoms with Crippen LogP contribution in [0.5, 0.6) is 5.75 Å². The summed E-state index contributed by atoms with van der Waals surface area (Å²) in [6, 6.07) is 8.16. The number of aromatic amines is 1. The van der Waals surface area contributed by atoms with E-state index in [0.717, 1.165) is 48.2 Å². The number of aromatic nitrogens is 1. The number of H-pyrrole nitrogens is 1. The Hall–Kier alpha value is -2.48. The van der Waals surface area contributed by atoms with Crippen molar-refractivity contribution in [3.8, 4) is 11.8 Å². The van der Waals surface area contributed by atoms with Gasteiger partial charge in [-0.15, -0.1) is 0 Å². The monoisotopic (exact) mass is 311 g/mol. The van der Waals surface area contributed by atoms with Gasteiger partial charge in [-0.1, -0.05) is 0 Å². The summed E-state index contributed by atoms with van der Waals surface area (Å²) in [5, 5.41) is 9.92. The van der Waals surface area contributed by atoms with E-state index in [1.54, 1.807) is 7.11 Å². The lowest BCUT2D eigenvalue weighted by Gasteiger charge is -2.24. The van der Waals surface area contributed by atoms with E-state index in [2.05, 4.69) is 11.9 Å². The molecule has 0 saturated carbocycles. The van der Waals surface area contributed by atoms with Crippen molar-refractivity contribution in [3.63, 3.8) is 0 Å². The summed E-state index contributed by atoms with van der Waals surface area (Å²) in [4.78, 5) is 17.4. The Kier molecular flexibility index (Phi) is 4.24. The second-order valence-electron chi connectivity index (χ2n) is 6.06. The highest BCUT2D eigenvalue weighted by Gasteiger charge is 2.29. The number of nitrogens with zero attached hydrogens (tertiary/aromatic N) is 2. The molecule has 0 spiro atoms. The normalized spacial score (nSPS) is 17.4. The van der Waals surface area contributed by atoms with Crippen LogP contribution < -0.4 is 4.74 Å². The van der Waals surface area contributed by atoms with Crippen molar-refractivity contribution in [2.45, 2.75) is 38.6 Å². The van der Waals surface area contributed by atoms with Crippen molar-refractivity contribution in [1.82, 2.24) is 9.88 Å². The first-order chi connectivity index (χ1) is 11.1. The van der Waals surface area contributed by atoms with Gasteiger partial charge in [-0.3, -0.25) is 4.79 Å². The molecular weight excluding hydrogens is 290 g/mol. The first-order valence-electron chi connectivity index (χ1n) is 7.95. The molecule has 2 aromatic rings. The largest absolute Gasteiger partial charge is 0.497 e. The molecule has 2 heterocycles. The minimum Gasteiger partial charge on any atom is -0.497 e. The molecule has 0 aliphatic carbocycles. The molecule has 3 rings (SSSR count). The predicted octanol–water partition coefficient (Wildman–Crippen LogP) is 2.93. The van der Waals surface area contributed by atoms with Crippen molar-refractivity contribution in [2.24, 2.45) is 0 Å². The van der Waals surface area contributed by atoms with Crippen LogP contribution in [0.2, 0.25) is 0 Å². The Morgan fingerprint density at radius 3 is 3.09 bits per heavy atom. The SMILES string of the molecule is COc1ccc2[nH]c(C)c(CC3CCCN3C(=O)CC#N)c2c1. The highest BCUT2D eigenvalue weighted by atomic mass is 16.5. The third-order valence-electron chi connectivity index (χ3n) is 4.69. The zero-order valence-corrected chi connectivity index (χ0v) is 13.6. The topological polar surface area (TPSA) is 69.1 Å². The molecule has 1 atom stereocenters. The molecule has 23 heavy (non-hydrogen) atoms. The quantitative estimate of drug-likeness (QED) is 0.944. The van der Waals surface area contributed by atoms with Gasteiger partial charge in [-0.2, -0.15) is 5.26 Å². The van der Waals surface area contributed by atoms with Crippen molar-refractivity contribution in [3.05, 3.63) is 29.5 Å². The fraction of sp³-hybridized carbons (Fsp3) is 0.444. The molecule has 1 aliphatic heterocycles.